The van der Waals surface area contributed by atoms with Crippen LogP contribution in [0.4, 0.5) is 5.69 Å². The average Bonchev–Trinajstić information content (AvgIpc) is 3.17. The highest BCUT2D eigenvalue weighted by Crippen LogP contribution is 2.29. The van der Waals surface area contributed by atoms with Gasteiger partial charge in [0.1, 0.15) is 9.88 Å². The van der Waals surface area contributed by atoms with Crippen molar-refractivity contribution in [2.75, 3.05) is 11.4 Å². The van der Waals surface area contributed by atoms with Crippen LogP contribution in [-0.4, -0.2) is 22.4 Å². The number of aromatic nitrogens is 2. The smallest absolute Gasteiger partial charge is 0.270 e. The second kappa shape index (κ2) is 8.80. The Balaban J connectivity index is 1.64. The number of para-hydroxylation sites is 1. The molecule has 2 aromatic carbocycles. The van der Waals surface area contributed by atoms with Crippen LogP contribution in [0.15, 0.2) is 85.1 Å². The van der Waals surface area contributed by atoms with E-state index in [0.717, 1.165) is 28.5 Å². The fourth-order valence-corrected chi connectivity index (χ4v) is 4.15. The minimum Gasteiger partial charge on any atom is -0.307 e. The van der Waals surface area contributed by atoms with Gasteiger partial charge in [0, 0.05) is 18.4 Å². The third kappa shape index (κ3) is 4.41. The summed E-state index contributed by atoms with van der Waals surface area (Å²) >= 11 is 1.40. The highest BCUT2D eigenvalue weighted by molar-refractivity contribution is 7.17. The molecule has 4 rings (SSSR count). The third-order valence-electron chi connectivity index (χ3n) is 4.65. The molecule has 0 N–H and O–H groups in total. The summed E-state index contributed by atoms with van der Waals surface area (Å²) in [5.74, 6) is -0.0238. The maximum absolute atomic E-state index is 13.5. The summed E-state index contributed by atoms with van der Waals surface area (Å²) in [5, 5.41) is 0.766. The van der Waals surface area contributed by atoms with Crippen LogP contribution in [0.2, 0.25) is 0 Å². The first-order valence-electron chi connectivity index (χ1n) is 9.52. The summed E-state index contributed by atoms with van der Waals surface area (Å²) < 4.78 is 0. The number of hydrogen-bond donors (Lipinski definition) is 0. The van der Waals surface area contributed by atoms with Gasteiger partial charge in [0.25, 0.3) is 5.91 Å². The third-order valence-corrected chi connectivity index (χ3v) is 5.82. The molecule has 0 saturated heterocycles. The van der Waals surface area contributed by atoms with E-state index in [2.05, 4.69) is 22.1 Å². The molecule has 0 aliphatic carbocycles. The van der Waals surface area contributed by atoms with Crippen LogP contribution >= 0.6 is 11.3 Å². The van der Waals surface area contributed by atoms with E-state index >= 15 is 0 Å². The lowest BCUT2D eigenvalue weighted by molar-refractivity contribution is 0.0990. The van der Waals surface area contributed by atoms with E-state index in [1.807, 2.05) is 78.6 Å². The van der Waals surface area contributed by atoms with Crippen molar-refractivity contribution in [3.8, 4) is 10.7 Å². The van der Waals surface area contributed by atoms with Crippen molar-refractivity contribution in [2.45, 2.75) is 13.3 Å². The van der Waals surface area contributed by atoms with Gasteiger partial charge in [0.15, 0.2) is 0 Å². The number of hydrogen-bond acceptors (Lipinski definition) is 4. The highest BCUT2D eigenvalue weighted by atomic mass is 32.1. The van der Waals surface area contributed by atoms with Gasteiger partial charge in [-0.1, -0.05) is 54.6 Å². The van der Waals surface area contributed by atoms with E-state index in [9.17, 15) is 4.79 Å². The van der Waals surface area contributed by atoms with Crippen molar-refractivity contribution in [1.29, 1.82) is 0 Å². The van der Waals surface area contributed by atoms with Crippen molar-refractivity contribution in [3.63, 3.8) is 0 Å². The van der Waals surface area contributed by atoms with E-state index in [1.165, 1.54) is 16.9 Å². The normalized spacial score (nSPS) is 10.7. The van der Waals surface area contributed by atoms with Crippen LogP contribution in [0, 0.1) is 6.92 Å². The maximum Gasteiger partial charge on any atom is 0.270 e. The molecule has 2 heterocycles. The summed E-state index contributed by atoms with van der Waals surface area (Å²) in [6.45, 7) is 2.49. The second-order valence-corrected chi connectivity index (χ2v) is 7.68. The van der Waals surface area contributed by atoms with Crippen LogP contribution < -0.4 is 4.90 Å². The summed E-state index contributed by atoms with van der Waals surface area (Å²) in [6, 6.07) is 25.8. The van der Waals surface area contributed by atoms with Gasteiger partial charge in [-0.3, -0.25) is 9.78 Å². The number of amides is 1. The molecule has 1 amide bonds. The van der Waals surface area contributed by atoms with Crippen molar-refractivity contribution >= 4 is 22.9 Å². The Hall–Kier alpha value is -3.31. The van der Waals surface area contributed by atoms with Gasteiger partial charge in [-0.05, 0) is 43.2 Å². The molecule has 5 heteroatoms. The average molecular weight is 400 g/mol. The number of nitrogens with zero attached hydrogens (tertiary/aromatic N) is 3. The molecule has 2 aromatic heterocycles. The number of rotatable bonds is 6. The first-order valence-corrected chi connectivity index (χ1v) is 10.3. The highest BCUT2D eigenvalue weighted by Gasteiger charge is 2.23. The van der Waals surface area contributed by atoms with Crippen LogP contribution in [-0.2, 0) is 6.42 Å². The van der Waals surface area contributed by atoms with E-state index in [1.54, 1.807) is 6.20 Å². The fraction of sp³-hybridized carbons (Fsp3) is 0.125. The van der Waals surface area contributed by atoms with Gasteiger partial charge >= 0.3 is 0 Å². The topological polar surface area (TPSA) is 46.1 Å². The quantitative estimate of drug-likeness (QED) is 0.436. The molecule has 0 bridgehead atoms. The van der Waals surface area contributed by atoms with Gasteiger partial charge in [-0.15, -0.1) is 11.3 Å². The van der Waals surface area contributed by atoms with Gasteiger partial charge in [0.05, 0.1) is 11.4 Å². The van der Waals surface area contributed by atoms with Gasteiger partial charge in [-0.25, -0.2) is 4.98 Å². The number of carbonyl (C=O) groups excluding carboxylic acids is 1. The second-order valence-electron chi connectivity index (χ2n) is 6.68. The van der Waals surface area contributed by atoms with Crippen LogP contribution in [0.25, 0.3) is 10.7 Å². The van der Waals surface area contributed by atoms with E-state index in [4.69, 9.17) is 0 Å². The number of thiazole rings is 1. The standard InChI is InChI=1S/C24H21N3OS/c1-18-22(29-23(26-18)21-14-8-9-16-25-21)24(28)27(20-12-6-3-7-13-20)17-15-19-10-4-2-5-11-19/h2-14,16H,15,17H2,1H3. The largest absolute Gasteiger partial charge is 0.307 e. The van der Waals surface area contributed by atoms with Crippen LogP contribution in [0.1, 0.15) is 20.9 Å². The van der Waals surface area contributed by atoms with Crippen LogP contribution in [0.5, 0.6) is 0 Å². The van der Waals surface area contributed by atoms with Gasteiger partial charge < -0.3 is 4.90 Å². The summed E-state index contributed by atoms with van der Waals surface area (Å²) in [7, 11) is 0. The number of aryl methyl sites for hydroxylation is 1. The number of carbonyl (C=O) groups is 1. The van der Waals surface area contributed by atoms with Gasteiger partial charge in [-0.2, -0.15) is 0 Å². The lowest BCUT2D eigenvalue weighted by atomic mass is 10.1. The zero-order chi connectivity index (χ0) is 20.1. The lowest BCUT2D eigenvalue weighted by Gasteiger charge is -2.22. The minimum atomic E-state index is -0.0238. The first kappa shape index (κ1) is 19.0. The molecule has 0 atom stereocenters. The molecule has 0 radical (unpaired) electrons. The first-order chi connectivity index (χ1) is 14.2. The Morgan fingerprint density at radius 3 is 2.31 bits per heavy atom. The molecule has 0 saturated carbocycles. The molecule has 0 aliphatic rings. The Kier molecular flexibility index (Phi) is 5.77. The molecule has 29 heavy (non-hydrogen) atoms. The number of anilines is 1. The Bertz CT molecular complexity index is 1080. The lowest BCUT2D eigenvalue weighted by Crippen LogP contribution is -2.32. The number of benzene rings is 2. The number of pyridine rings is 1. The van der Waals surface area contributed by atoms with Crippen LogP contribution in [0.3, 0.4) is 0 Å². The summed E-state index contributed by atoms with van der Waals surface area (Å²) in [6.07, 6.45) is 2.52. The molecule has 4 aromatic rings. The van der Waals surface area contributed by atoms with Gasteiger partial charge in [0.2, 0.25) is 0 Å². The summed E-state index contributed by atoms with van der Waals surface area (Å²) in [4.78, 5) is 25.0. The van der Waals surface area contributed by atoms with Crippen molar-refractivity contribution in [1.82, 2.24) is 9.97 Å². The van der Waals surface area contributed by atoms with Crippen molar-refractivity contribution < 1.29 is 4.79 Å². The molecular weight excluding hydrogens is 378 g/mol. The van der Waals surface area contributed by atoms with Crippen molar-refractivity contribution in [2.24, 2.45) is 0 Å². The van der Waals surface area contributed by atoms with E-state index in [0.29, 0.717) is 11.4 Å². The molecule has 0 unspecified atom stereocenters. The molecule has 0 spiro atoms. The Labute approximate surface area is 174 Å². The zero-order valence-electron chi connectivity index (χ0n) is 16.2. The minimum absolute atomic E-state index is 0.0238. The van der Waals surface area contributed by atoms with E-state index in [-0.39, 0.29) is 5.91 Å². The maximum atomic E-state index is 13.5. The molecular formula is C24H21N3OS. The predicted octanol–water partition coefficient (Wildman–Crippen LogP) is 5.40. The Morgan fingerprint density at radius 1 is 0.931 bits per heavy atom. The monoisotopic (exact) mass is 399 g/mol. The Morgan fingerprint density at radius 2 is 1.62 bits per heavy atom. The SMILES string of the molecule is Cc1nc(-c2ccccn2)sc1C(=O)N(CCc1ccccc1)c1ccccc1. The molecule has 0 aliphatic heterocycles. The molecule has 4 nitrogen and oxygen atoms in total. The fourth-order valence-electron chi connectivity index (χ4n) is 3.16. The zero-order valence-corrected chi connectivity index (χ0v) is 17.0. The van der Waals surface area contributed by atoms with Crippen molar-refractivity contribution in [3.05, 3.63) is 101 Å². The van der Waals surface area contributed by atoms with E-state index < -0.39 is 0 Å². The molecule has 0 fully saturated rings. The predicted molar refractivity (Wildman–Crippen MR) is 118 cm³/mol. The summed E-state index contributed by atoms with van der Waals surface area (Å²) in [5.41, 5.74) is 3.62. The molecule has 144 valence electrons.